The first-order valence-electron chi connectivity index (χ1n) is 7.57. The lowest BCUT2D eigenvalue weighted by Crippen LogP contribution is -2.15. The smallest absolute Gasteiger partial charge is 0.249 e. The van der Waals surface area contributed by atoms with Gasteiger partial charge in [0.2, 0.25) is 11.9 Å². The molecule has 1 aromatic carbocycles. The number of nitrogens with one attached hydrogen (secondary N) is 1. The zero-order valence-electron chi connectivity index (χ0n) is 13.1. The number of hydrogen-bond acceptors (Lipinski definition) is 5. The lowest BCUT2D eigenvalue weighted by molar-refractivity contribution is 0.0895. The maximum atomic E-state index is 13.7. The number of nitrogens with zero attached hydrogens (tertiary/aromatic N) is 4. The maximum absolute atomic E-state index is 13.7. The molecule has 2 aromatic heterocycles. The summed E-state index contributed by atoms with van der Waals surface area (Å²) in [6.45, 7) is 1.95. The summed E-state index contributed by atoms with van der Waals surface area (Å²) in [4.78, 5) is 20.5. The van der Waals surface area contributed by atoms with Gasteiger partial charge in [0.05, 0.1) is 0 Å². The monoisotopic (exact) mass is 325 g/mol. The SMILES string of the molecule is CCC(=O)n1nc(-c2cccnc2)nc1NCc1ccccc1F. The van der Waals surface area contributed by atoms with E-state index in [1.807, 2.05) is 6.07 Å². The zero-order chi connectivity index (χ0) is 16.9. The molecular formula is C17H16FN5O. The third kappa shape index (κ3) is 3.29. The molecule has 0 unspecified atom stereocenters. The molecule has 3 rings (SSSR count). The van der Waals surface area contributed by atoms with Crippen LogP contribution in [0.2, 0.25) is 0 Å². The lowest BCUT2D eigenvalue weighted by atomic mass is 10.2. The molecule has 0 aliphatic heterocycles. The second-order valence-electron chi connectivity index (χ2n) is 5.10. The van der Waals surface area contributed by atoms with Crippen LogP contribution in [0, 0.1) is 5.82 Å². The number of rotatable bonds is 5. The topological polar surface area (TPSA) is 72.7 Å². The van der Waals surface area contributed by atoms with Gasteiger partial charge in [-0.2, -0.15) is 9.67 Å². The highest BCUT2D eigenvalue weighted by molar-refractivity contribution is 5.81. The van der Waals surface area contributed by atoms with Crippen molar-refractivity contribution in [1.29, 1.82) is 0 Å². The van der Waals surface area contributed by atoms with E-state index in [0.717, 1.165) is 0 Å². The highest BCUT2D eigenvalue weighted by atomic mass is 19.1. The van der Waals surface area contributed by atoms with Gasteiger partial charge in [-0.3, -0.25) is 9.78 Å². The largest absolute Gasteiger partial charge is 0.350 e. The van der Waals surface area contributed by atoms with Crippen molar-refractivity contribution in [3.8, 4) is 11.4 Å². The Labute approximate surface area is 138 Å². The Morgan fingerprint density at radius 2 is 2.08 bits per heavy atom. The first-order chi connectivity index (χ1) is 11.7. The predicted octanol–water partition coefficient (Wildman–Crippen LogP) is 3.14. The fourth-order valence-corrected chi connectivity index (χ4v) is 2.18. The number of carbonyl (C=O) groups is 1. The standard InChI is InChI=1S/C17H16FN5O/c1-2-15(24)23-17(20-11-12-6-3-4-8-14(12)18)21-16(22-23)13-7-5-9-19-10-13/h3-10H,2,11H2,1H3,(H,20,21,22). The number of hydrogen-bond donors (Lipinski definition) is 1. The Morgan fingerprint density at radius 3 is 2.79 bits per heavy atom. The molecule has 0 saturated carbocycles. The van der Waals surface area contributed by atoms with E-state index < -0.39 is 0 Å². The van der Waals surface area contributed by atoms with Crippen LogP contribution in [0.3, 0.4) is 0 Å². The Morgan fingerprint density at radius 1 is 1.25 bits per heavy atom. The minimum Gasteiger partial charge on any atom is -0.350 e. The van der Waals surface area contributed by atoms with Crippen LogP contribution in [-0.2, 0) is 6.54 Å². The number of pyridine rings is 1. The Bertz CT molecular complexity index is 847. The first-order valence-corrected chi connectivity index (χ1v) is 7.57. The fourth-order valence-electron chi connectivity index (χ4n) is 2.18. The van der Waals surface area contributed by atoms with E-state index in [-0.39, 0.29) is 30.6 Å². The van der Waals surface area contributed by atoms with Crippen LogP contribution in [0.15, 0.2) is 48.8 Å². The molecule has 0 aliphatic carbocycles. The number of carbonyl (C=O) groups excluding carboxylic acids is 1. The number of aromatic nitrogens is 4. The average Bonchev–Trinajstić information content (AvgIpc) is 3.05. The molecule has 0 saturated heterocycles. The molecule has 0 atom stereocenters. The zero-order valence-corrected chi connectivity index (χ0v) is 13.1. The van der Waals surface area contributed by atoms with Gasteiger partial charge in [0, 0.05) is 36.5 Å². The lowest BCUT2D eigenvalue weighted by Gasteiger charge is -2.07. The van der Waals surface area contributed by atoms with Crippen LogP contribution in [0.4, 0.5) is 10.3 Å². The molecule has 0 amide bonds. The van der Waals surface area contributed by atoms with Crippen LogP contribution in [-0.4, -0.2) is 25.7 Å². The summed E-state index contributed by atoms with van der Waals surface area (Å²) in [5, 5.41) is 7.23. The summed E-state index contributed by atoms with van der Waals surface area (Å²) in [6, 6.07) is 10.0. The summed E-state index contributed by atoms with van der Waals surface area (Å²) in [5.74, 6) is 0.156. The van der Waals surface area contributed by atoms with Gasteiger partial charge in [0.15, 0.2) is 5.82 Å². The normalized spacial score (nSPS) is 10.6. The molecular weight excluding hydrogens is 309 g/mol. The molecule has 0 aliphatic rings. The molecule has 0 spiro atoms. The molecule has 122 valence electrons. The van der Waals surface area contributed by atoms with Crippen molar-refractivity contribution in [2.45, 2.75) is 19.9 Å². The van der Waals surface area contributed by atoms with Gasteiger partial charge >= 0.3 is 0 Å². The minimum absolute atomic E-state index is 0.200. The van der Waals surface area contributed by atoms with Crippen molar-refractivity contribution in [1.82, 2.24) is 19.7 Å². The Kier molecular flexibility index (Phi) is 4.60. The van der Waals surface area contributed by atoms with Gasteiger partial charge in [0.1, 0.15) is 5.82 Å². The van der Waals surface area contributed by atoms with Crippen LogP contribution < -0.4 is 5.32 Å². The van der Waals surface area contributed by atoms with E-state index in [4.69, 9.17) is 0 Å². The van der Waals surface area contributed by atoms with Gasteiger partial charge in [-0.05, 0) is 18.2 Å². The first kappa shape index (κ1) is 15.8. The Balaban J connectivity index is 1.89. The predicted molar refractivity (Wildman–Crippen MR) is 87.9 cm³/mol. The molecule has 6 nitrogen and oxygen atoms in total. The Hall–Kier alpha value is -3.09. The van der Waals surface area contributed by atoms with E-state index in [0.29, 0.717) is 17.0 Å². The summed E-state index contributed by atoms with van der Waals surface area (Å²) < 4.78 is 14.9. The number of benzene rings is 1. The second-order valence-corrected chi connectivity index (χ2v) is 5.10. The summed E-state index contributed by atoms with van der Waals surface area (Å²) in [7, 11) is 0. The van der Waals surface area contributed by atoms with Gasteiger partial charge < -0.3 is 5.32 Å². The van der Waals surface area contributed by atoms with Crippen LogP contribution >= 0.6 is 0 Å². The molecule has 24 heavy (non-hydrogen) atoms. The van der Waals surface area contributed by atoms with E-state index in [9.17, 15) is 9.18 Å². The fraction of sp³-hybridized carbons (Fsp3) is 0.176. The van der Waals surface area contributed by atoms with Crippen molar-refractivity contribution < 1.29 is 9.18 Å². The van der Waals surface area contributed by atoms with Gasteiger partial charge in [-0.15, -0.1) is 5.10 Å². The highest BCUT2D eigenvalue weighted by Crippen LogP contribution is 2.18. The van der Waals surface area contributed by atoms with Crippen molar-refractivity contribution >= 4 is 11.9 Å². The van der Waals surface area contributed by atoms with E-state index >= 15 is 0 Å². The van der Waals surface area contributed by atoms with Crippen molar-refractivity contribution in [3.05, 3.63) is 60.2 Å². The molecule has 1 N–H and O–H groups in total. The second kappa shape index (κ2) is 6.99. The van der Waals surface area contributed by atoms with Crippen molar-refractivity contribution in [3.63, 3.8) is 0 Å². The molecule has 2 heterocycles. The van der Waals surface area contributed by atoms with Crippen molar-refractivity contribution in [2.75, 3.05) is 5.32 Å². The van der Waals surface area contributed by atoms with Crippen molar-refractivity contribution in [2.24, 2.45) is 0 Å². The summed E-state index contributed by atoms with van der Waals surface area (Å²) in [5.41, 5.74) is 1.19. The third-order valence-corrected chi connectivity index (χ3v) is 3.46. The summed E-state index contributed by atoms with van der Waals surface area (Å²) in [6.07, 6.45) is 3.55. The van der Waals surface area contributed by atoms with Gasteiger partial charge in [-0.25, -0.2) is 4.39 Å². The van der Waals surface area contributed by atoms with Crippen LogP contribution in [0.5, 0.6) is 0 Å². The average molecular weight is 325 g/mol. The van der Waals surface area contributed by atoms with E-state index in [1.165, 1.54) is 10.7 Å². The molecule has 0 radical (unpaired) electrons. The van der Waals surface area contributed by atoms with Crippen LogP contribution in [0.25, 0.3) is 11.4 Å². The quantitative estimate of drug-likeness (QED) is 0.780. The summed E-state index contributed by atoms with van der Waals surface area (Å²) >= 11 is 0. The maximum Gasteiger partial charge on any atom is 0.249 e. The molecule has 0 bridgehead atoms. The number of halogens is 1. The van der Waals surface area contributed by atoms with Gasteiger partial charge in [-0.1, -0.05) is 25.1 Å². The van der Waals surface area contributed by atoms with Gasteiger partial charge in [0.25, 0.3) is 0 Å². The molecule has 0 fully saturated rings. The third-order valence-electron chi connectivity index (χ3n) is 3.46. The molecule has 7 heteroatoms. The van der Waals surface area contributed by atoms with Crippen LogP contribution in [0.1, 0.15) is 23.7 Å². The number of anilines is 1. The van der Waals surface area contributed by atoms with E-state index in [1.54, 1.807) is 43.6 Å². The van der Waals surface area contributed by atoms with E-state index in [2.05, 4.69) is 20.4 Å². The minimum atomic E-state index is -0.314. The molecule has 3 aromatic rings. The highest BCUT2D eigenvalue weighted by Gasteiger charge is 2.16.